The lowest BCUT2D eigenvalue weighted by Gasteiger charge is -2.25. The van der Waals surface area contributed by atoms with E-state index in [-0.39, 0.29) is 12.5 Å². The van der Waals surface area contributed by atoms with Crippen LogP contribution in [0, 0.1) is 0 Å². The third kappa shape index (κ3) is 3.53. The summed E-state index contributed by atoms with van der Waals surface area (Å²) in [6, 6.07) is -1.29. The second kappa shape index (κ2) is 6.47. The Morgan fingerprint density at radius 2 is 1.80 bits per heavy atom. The number of hydrogen-bond donors (Lipinski definition) is 2. The van der Waals surface area contributed by atoms with Crippen molar-refractivity contribution in [2.45, 2.75) is 38.8 Å². The van der Waals surface area contributed by atoms with Crippen LogP contribution in [0.3, 0.4) is 0 Å². The molecule has 0 aliphatic carbocycles. The summed E-state index contributed by atoms with van der Waals surface area (Å²) in [5.74, 6) is -3.40. The fourth-order valence-electron chi connectivity index (χ4n) is 2.19. The molecule has 2 atom stereocenters. The van der Waals surface area contributed by atoms with E-state index in [0.29, 0.717) is 6.42 Å². The highest BCUT2D eigenvalue weighted by Gasteiger charge is 2.44. The minimum atomic E-state index is -1.24. The largest absolute Gasteiger partial charge is 0.480 e. The Hall–Kier alpha value is -1.96. The summed E-state index contributed by atoms with van der Waals surface area (Å²) in [5.41, 5.74) is 0. The van der Waals surface area contributed by atoms with E-state index in [1.165, 1.54) is 0 Å². The molecule has 1 rings (SSSR count). The monoisotopic (exact) mass is 286 g/mol. The van der Waals surface area contributed by atoms with Crippen LogP contribution < -0.4 is 0 Å². The number of carbonyl (C=O) groups excluding carboxylic acids is 2. The highest BCUT2D eigenvalue weighted by atomic mass is 16.4. The summed E-state index contributed by atoms with van der Waals surface area (Å²) in [4.78, 5) is 47.7. The van der Waals surface area contributed by atoms with E-state index in [4.69, 9.17) is 10.2 Å². The molecule has 2 amide bonds. The first-order chi connectivity index (χ1) is 9.27. The van der Waals surface area contributed by atoms with Crippen molar-refractivity contribution < 1.29 is 29.4 Å². The third-order valence-electron chi connectivity index (χ3n) is 3.31. The smallest absolute Gasteiger partial charge is 0.317 e. The quantitative estimate of drug-likeness (QED) is 0.599. The average molecular weight is 286 g/mol. The Kier molecular flexibility index (Phi) is 5.20. The van der Waals surface area contributed by atoms with E-state index in [1.54, 1.807) is 6.92 Å². The Labute approximate surface area is 116 Å². The second-order valence-electron chi connectivity index (χ2n) is 4.77. The predicted molar refractivity (Wildman–Crippen MR) is 66.9 cm³/mol. The lowest BCUT2D eigenvalue weighted by atomic mass is 10.2. The molecule has 2 unspecified atom stereocenters. The molecule has 0 radical (unpaired) electrons. The number of carbonyl (C=O) groups is 4. The standard InChI is InChI=1S/C12H18N2O6/c1-3-7(2)14-9(15)4-8(12(14)20)13(5-10(16)17)6-11(18)19/h7-8H,3-6H2,1-2H3,(H,16,17)(H,18,19). The fourth-order valence-corrected chi connectivity index (χ4v) is 2.19. The van der Waals surface area contributed by atoms with Gasteiger partial charge >= 0.3 is 11.9 Å². The Balaban J connectivity index is 2.92. The zero-order valence-corrected chi connectivity index (χ0v) is 11.4. The minimum Gasteiger partial charge on any atom is -0.480 e. The van der Waals surface area contributed by atoms with E-state index in [2.05, 4.69) is 0 Å². The predicted octanol–water partition coefficient (Wildman–Crippen LogP) is -0.616. The van der Waals surface area contributed by atoms with Crippen LogP contribution in [0.4, 0.5) is 0 Å². The van der Waals surface area contributed by atoms with E-state index in [1.807, 2.05) is 6.92 Å². The fraction of sp³-hybridized carbons (Fsp3) is 0.667. The van der Waals surface area contributed by atoms with Gasteiger partial charge in [-0.25, -0.2) is 0 Å². The van der Waals surface area contributed by atoms with Gasteiger partial charge in [0.25, 0.3) is 0 Å². The van der Waals surface area contributed by atoms with Gasteiger partial charge in [-0.3, -0.25) is 29.0 Å². The first-order valence-corrected chi connectivity index (χ1v) is 6.31. The van der Waals surface area contributed by atoms with Gasteiger partial charge < -0.3 is 10.2 Å². The third-order valence-corrected chi connectivity index (χ3v) is 3.31. The summed E-state index contributed by atoms with van der Waals surface area (Å²) < 4.78 is 0. The van der Waals surface area contributed by atoms with Gasteiger partial charge in [0.15, 0.2) is 0 Å². The SMILES string of the molecule is CCC(C)N1C(=O)CC(N(CC(=O)O)CC(=O)O)C1=O. The Bertz CT molecular complexity index is 420. The van der Waals surface area contributed by atoms with Crippen LogP contribution in [0.2, 0.25) is 0 Å². The molecule has 20 heavy (non-hydrogen) atoms. The van der Waals surface area contributed by atoms with E-state index in [9.17, 15) is 19.2 Å². The number of carboxylic acids is 2. The molecule has 8 nitrogen and oxygen atoms in total. The van der Waals surface area contributed by atoms with Gasteiger partial charge in [0.05, 0.1) is 25.6 Å². The first-order valence-electron chi connectivity index (χ1n) is 6.31. The maximum Gasteiger partial charge on any atom is 0.317 e. The summed E-state index contributed by atoms with van der Waals surface area (Å²) in [6.07, 6.45) is 0.409. The van der Waals surface area contributed by atoms with Crippen molar-refractivity contribution in [2.24, 2.45) is 0 Å². The summed E-state index contributed by atoms with van der Waals surface area (Å²) in [7, 11) is 0. The molecule has 1 aliphatic rings. The number of hydrogen-bond acceptors (Lipinski definition) is 5. The van der Waals surface area contributed by atoms with E-state index < -0.39 is 42.9 Å². The molecule has 1 fully saturated rings. The molecule has 112 valence electrons. The van der Waals surface area contributed by atoms with Gasteiger partial charge in [-0.15, -0.1) is 0 Å². The van der Waals surface area contributed by atoms with Crippen LogP contribution in [0.25, 0.3) is 0 Å². The van der Waals surface area contributed by atoms with Crippen LogP contribution in [0.1, 0.15) is 26.7 Å². The number of aliphatic carboxylic acids is 2. The zero-order chi connectivity index (χ0) is 15.4. The van der Waals surface area contributed by atoms with E-state index in [0.717, 1.165) is 9.80 Å². The van der Waals surface area contributed by atoms with Gasteiger partial charge in [-0.1, -0.05) is 6.92 Å². The molecule has 0 bridgehead atoms. The van der Waals surface area contributed by atoms with Crippen molar-refractivity contribution in [3.05, 3.63) is 0 Å². The highest BCUT2D eigenvalue weighted by molar-refractivity contribution is 6.06. The van der Waals surface area contributed by atoms with Crippen LogP contribution in [-0.4, -0.2) is 68.9 Å². The summed E-state index contributed by atoms with van der Waals surface area (Å²) in [6.45, 7) is 2.36. The number of carboxylic acid groups (broad SMARTS) is 2. The van der Waals surface area contributed by atoms with Crippen molar-refractivity contribution in [1.82, 2.24) is 9.80 Å². The topological polar surface area (TPSA) is 115 Å². The molecular weight excluding hydrogens is 268 g/mol. The van der Waals surface area contributed by atoms with Crippen molar-refractivity contribution in [2.75, 3.05) is 13.1 Å². The van der Waals surface area contributed by atoms with Gasteiger partial charge in [0.2, 0.25) is 11.8 Å². The van der Waals surface area contributed by atoms with Crippen molar-refractivity contribution >= 4 is 23.8 Å². The average Bonchev–Trinajstić information content (AvgIpc) is 2.62. The maximum atomic E-state index is 12.2. The van der Waals surface area contributed by atoms with Crippen LogP contribution in [0.15, 0.2) is 0 Å². The molecular formula is C12H18N2O6. The van der Waals surface area contributed by atoms with Crippen LogP contribution in [-0.2, 0) is 19.2 Å². The van der Waals surface area contributed by atoms with Crippen molar-refractivity contribution in [1.29, 1.82) is 0 Å². The van der Waals surface area contributed by atoms with Crippen LogP contribution in [0.5, 0.6) is 0 Å². The molecule has 8 heteroatoms. The van der Waals surface area contributed by atoms with Gasteiger partial charge in [-0.2, -0.15) is 0 Å². The zero-order valence-electron chi connectivity index (χ0n) is 11.4. The molecule has 1 heterocycles. The number of amides is 2. The van der Waals surface area contributed by atoms with Crippen molar-refractivity contribution in [3.8, 4) is 0 Å². The molecule has 2 N–H and O–H groups in total. The lowest BCUT2D eigenvalue weighted by Crippen LogP contribution is -2.48. The van der Waals surface area contributed by atoms with Gasteiger partial charge in [-0.05, 0) is 13.3 Å². The second-order valence-corrected chi connectivity index (χ2v) is 4.77. The molecule has 0 aromatic heterocycles. The van der Waals surface area contributed by atoms with Crippen molar-refractivity contribution in [3.63, 3.8) is 0 Å². The normalized spacial score (nSPS) is 20.6. The van der Waals surface area contributed by atoms with Gasteiger partial charge in [0, 0.05) is 6.04 Å². The van der Waals surface area contributed by atoms with Gasteiger partial charge in [0.1, 0.15) is 0 Å². The lowest BCUT2D eigenvalue weighted by molar-refractivity contribution is -0.145. The number of imide groups is 1. The molecule has 0 spiro atoms. The Morgan fingerprint density at radius 3 is 2.20 bits per heavy atom. The summed E-state index contributed by atoms with van der Waals surface area (Å²) >= 11 is 0. The number of nitrogens with zero attached hydrogens (tertiary/aromatic N) is 2. The molecule has 1 saturated heterocycles. The molecule has 1 aliphatic heterocycles. The van der Waals surface area contributed by atoms with E-state index >= 15 is 0 Å². The Morgan fingerprint density at radius 1 is 1.30 bits per heavy atom. The number of likely N-dealkylation sites (tertiary alicyclic amines) is 1. The molecule has 0 aromatic rings. The molecule has 0 aromatic carbocycles. The minimum absolute atomic E-state index is 0.177. The summed E-state index contributed by atoms with van der Waals surface area (Å²) in [5, 5.41) is 17.6. The molecule has 0 saturated carbocycles. The highest BCUT2D eigenvalue weighted by Crippen LogP contribution is 2.22. The number of rotatable bonds is 7. The van der Waals surface area contributed by atoms with Crippen LogP contribution >= 0.6 is 0 Å². The first kappa shape index (κ1) is 16.1. The maximum absolute atomic E-state index is 12.2.